The normalized spacial score (nSPS) is 11.9. The zero-order valence-corrected chi connectivity index (χ0v) is 11.2. The predicted octanol–water partition coefficient (Wildman–Crippen LogP) is 2.48. The number of hydrogen-bond donors (Lipinski definition) is 2. The summed E-state index contributed by atoms with van der Waals surface area (Å²) in [4.78, 5) is 16.0. The molecule has 4 nitrogen and oxygen atoms in total. The van der Waals surface area contributed by atoms with Crippen LogP contribution in [0.1, 0.15) is 11.7 Å². The number of thioether (sulfide) groups is 1. The number of rotatable bonds is 4. The van der Waals surface area contributed by atoms with Crippen LogP contribution in [0.5, 0.6) is 0 Å². The fraction of sp³-hybridized carbons (Fsp3) is 0.143. The first-order valence-corrected chi connectivity index (χ1v) is 6.97. The van der Waals surface area contributed by atoms with Gasteiger partial charge in [-0.15, -0.1) is 11.8 Å². The van der Waals surface area contributed by atoms with E-state index in [0.717, 1.165) is 5.03 Å². The number of aliphatic hydroxyl groups excluding tert-OH is 1. The third kappa shape index (κ3) is 3.56. The minimum atomic E-state index is -1.18. The summed E-state index contributed by atoms with van der Waals surface area (Å²) in [6.45, 7) is 0. The van der Waals surface area contributed by atoms with Gasteiger partial charge >= 0.3 is 0 Å². The summed E-state index contributed by atoms with van der Waals surface area (Å²) < 4.78 is 0. The molecule has 0 bridgehead atoms. The zero-order chi connectivity index (χ0) is 13.7. The molecular formula is C14H14N2O2S. The van der Waals surface area contributed by atoms with Crippen molar-refractivity contribution in [3.05, 3.63) is 54.2 Å². The van der Waals surface area contributed by atoms with Crippen molar-refractivity contribution in [2.45, 2.75) is 11.1 Å². The fourth-order valence-electron chi connectivity index (χ4n) is 1.57. The van der Waals surface area contributed by atoms with Gasteiger partial charge in [0.1, 0.15) is 0 Å². The van der Waals surface area contributed by atoms with Crippen LogP contribution in [0.3, 0.4) is 0 Å². The number of anilines is 1. The lowest BCUT2D eigenvalue weighted by molar-refractivity contribution is -0.124. The number of carbonyl (C=O) groups excluding carboxylic acids is 1. The van der Waals surface area contributed by atoms with Gasteiger partial charge in [0, 0.05) is 0 Å². The van der Waals surface area contributed by atoms with Crippen molar-refractivity contribution < 1.29 is 9.90 Å². The number of nitrogens with one attached hydrogen (secondary N) is 1. The Morgan fingerprint density at radius 1 is 1.26 bits per heavy atom. The summed E-state index contributed by atoms with van der Waals surface area (Å²) in [5, 5.41) is 13.4. The van der Waals surface area contributed by atoms with E-state index in [4.69, 9.17) is 0 Å². The monoisotopic (exact) mass is 274 g/mol. The number of aliphatic hydroxyl groups is 1. The van der Waals surface area contributed by atoms with Crippen molar-refractivity contribution in [3.63, 3.8) is 0 Å². The molecule has 1 amide bonds. The molecule has 0 aliphatic carbocycles. The molecule has 1 aromatic heterocycles. The van der Waals surface area contributed by atoms with Gasteiger partial charge in [0.25, 0.3) is 5.91 Å². The third-order valence-corrected chi connectivity index (χ3v) is 3.24. The summed E-state index contributed by atoms with van der Waals surface area (Å²) in [5.74, 6) is -0.468. The summed E-state index contributed by atoms with van der Waals surface area (Å²) in [6.07, 6.45) is 2.32. The number of carbonyl (C=O) groups is 1. The number of amides is 1. The van der Waals surface area contributed by atoms with Gasteiger partial charge in [0.15, 0.2) is 6.10 Å². The number of benzene rings is 1. The lowest BCUT2D eigenvalue weighted by Crippen LogP contribution is -2.20. The van der Waals surface area contributed by atoms with Crippen molar-refractivity contribution in [1.82, 2.24) is 4.98 Å². The molecular weight excluding hydrogens is 260 g/mol. The van der Waals surface area contributed by atoms with Crippen LogP contribution in [0.4, 0.5) is 5.69 Å². The standard InChI is InChI=1S/C14H14N2O2S/c1-19-12-8-7-11(9-15-12)16-14(18)13(17)10-5-3-2-4-6-10/h2-9,13,17H,1H3,(H,16,18). The molecule has 0 saturated heterocycles. The van der Waals surface area contributed by atoms with Crippen molar-refractivity contribution in [3.8, 4) is 0 Å². The van der Waals surface area contributed by atoms with Crippen LogP contribution in [0.15, 0.2) is 53.7 Å². The van der Waals surface area contributed by atoms with E-state index in [9.17, 15) is 9.90 Å². The second kappa shape index (κ2) is 6.36. The smallest absolute Gasteiger partial charge is 0.257 e. The van der Waals surface area contributed by atoms with Gasteiger partial charge in [-0.2, -0.15) is 0 Å². The SMILES string of the molecule is CSc1ccc(NC(=O)C(O)c2ccccc2)cn1. The molecule has 0 fully saturated rings. The molecule has 0 aliphatic heterocycles. The van der Waals surface area contributed by atoms with Gasteiger partial charge < -0.3 is 10.4 Å². The Bertz CT molecular complexity index is 543. The molecule has 1 atom stereocenters. The largest absolute Gasteiger partial charge is 0.378 e. The predicted molar refractivity (Wildman–Crippen MR) is 76.0 cm³/mol. The van der Waals surface area contributed by atoms with Crippen LogP contribution in [0.25, 0.3) is 0 Å². The molecule has 2 aromatic rings. The van der Waals surface area contributed by atoms with Crippen LogP contribution in [-0.2, 0) is 4.79 Å². The highest BCUT2D eigenvalue weighted by Gasteiger charge is 2.16. The number of nitrogens with zero attached hydrogens (tertiary/aromatic N) is 1. The molecule has 19 heavy (non-hydrogen) atoms. The topological polar surface area (TPSA) is 62.2 Å². The van der Waals surface area contributed by atoms with E-state index in [1.54, 1.807) is 36.5 Å². The number of aromatic nitrogens is 1. The molecule has 2 N–H and O–H groups in total. The van der Waals surface area contributed by atoms with Crippen molar-refractivity contribution in [2.24, 2.45) is 0 Å². The van der Waals surface area contributed by atoms with E-state index in [0.29, 0.717) is 11.3 Å². The van der Waals surface area contributed by atoms with E-state index >= 15 is 0 Å². The van der Waals surface area contributed by atoms with E-state index in [-0.39, 0.29) is 0 Å². The Balaban J connectivity index is 2.04. The van der Waals surface area contributed by atoms with Crippen molar-refractivity contribution in [1.29, 1.82) is 0 Å². The molecule has 0 radical (unpaired) electrons. The number of pyridine rings is 1. The summed E-state index contributed by atoms with van der Waals surface area (Å²) >= 11 is 1.53. The highest BCUT2D eigenvalue weighted by molar-refractivity contribution is 7.98. The quantitative estimate of drug-likeness (QED) is 0.841. The lowest BCUT2D eigenvalue weighted by Gasteiger charge is -2.11. The van der Waals surface area contributed by atoms with E-state index < -0.39 is 12.0 Å². The first kappa shape index (κ1) is 13.6. The van der Waals surface area contributed by atoms with Crippen LogP contribution >= 0.6 is 11.8 Å². The summed E-state index contributed by atoms with van der Waals surface area (Å²) in [5.41, 5.74) is 1.13. The number of hydrogen-bond acceptors (Lipinski definition) is 4. The maximum absolute atomic E-state index is 11.9. The molecule has 1 aromatic carbocycles. The van der Waals surface area contributed by atoms with E-state index in [2.05, 4.69) is 10.3 Å². The van der Waals surface area contributed by atoms with Crippen LogP contribution in [0, 0.1) is 0 Å². The third-order valence-electron chi connectivity index (χ3n) is 2.58. The minimum absolute atomic E-state index is 0.468. The minimum Gasteiger partial charge on any atom is -0.378 e. The lowest BCUT2D eigenvalue weighted by atomic mass is 10.1. The molecule has 0 saturated carbocycles. The van der Waals surface area contributed by atoms with Gasteiger partial charge in [0.2, 0.25) is 0 Å². The molecule has 1 unspecified atom stereocenters. The van der Waals surface area contributed by atoms with Gasteiger partial charge in [-0.1, -0.05) is 30.3 Å². The van der Waals surface area contributed by atoms with Crippen LogP contribution < -0.4 is 5.32 Å². The zero-order valence-electron chi connectivity index (χ0n) is 10.4. The second-order valence-corrected chi connectivity index (χ2v) is 4.72. The van der Waals surface area contributed by atoms with E-state index in [1.165, 1.54) is 11.8 Å². The first-order valence-electron chi connectivity index (χ1n) is 5.74. The maximum Gasteiger partial charge on any atom is 0.257 e. The molecule has 2 rings (SSSR count). The van der Waals surface area contributed by atoms with Gasteiger partial charge in [-0.3, -0.25) is 4.79 Å². The molecule has 1 heterocycles. The summed E-state index contributed by atoms with van der Waals surface area (Å²) in [7, 11) is 0. The second-order valence-electron chi connectivity index (χ2n) is 3.89. The van der Waals surface area contributed by atoms with E-state index in [1.807, 2.05) is 18.4 Å². The summed E-state index contributed by atoms with van der Waals surface area (Å²) in [6, 6.07) is 12.4. The molecule has 0 aliphatic rings. The average Bonchev–Trinajstić information content (AvgIpc) is 2.48. The molecule has 5 heteroatoms. The van der Waals surface area contributed by atoms with Crippen LogP contribution in [0.2, 0.25) is 0 Å². The first-order chi connectivity index (χ1) is 9.20. The van der Waals surface area contributed by atoms with Crippen molar-refractivity contribution >= 4 is 23.4 Å². The molecule has 98 valence electrons. The Kier molecular flexibility index (Phi) is 4.54. The molecule has 0 spiro atoms. The Morgan fingerprint density at radius 2 is 2.00 bits per heavy atom. The van der Waals surface area contributed by atoms with Crippen LogP contribution in [-0.4, -0.2) is 22.3 Å². The Labute approximate surface area is 115 Å². The maximum atomic E-state index is 11.9. The van der Waals surface area contributed by atoms with Crippen molar-refractivity contribution in [2.75, 3.05) is 11.6 Å². The highest BCUT2D eigenvalue weighted by atomic mass is 32.2. The Morgan fingerprint density at radius 3 is 2.58 bits per heavy atom. The average molecular weight is 274 g/mol. The van der Waals surface area contributed by atoms with Gasteiger partial charge in [0.05, 0.1) is 16.9 Å². The van der Waals surface area contributed by atoms with Gasteiger partial charge in [-0.05, 0) is 24.0 Å². The fourth-order valence-corrected chi connectivity index (χ4v) is 1.93. The highest BCUT2D eigenvalue weighted by Crippen LogP contribution is 2.17. The Hall–Kier alpha value is -1.85. The van der Waals surface area contributed by atoms with Gasteiger partial charge in [-0.25, -0.2) is 4.98 Å².